The number of hydrogen-bond donors (Lipinski definition) is 1. The first-order valence-corrected chi connectivity index (χ1v) is 5.32. The maximum Gasteiger partial charge on any atom is 0.0407 e. The highest BCUT2D eigenvalue weighted by molar-refractivity contribution is 6.30. The van der Waals surface area contributed by atoms with Gasteiger partial charge in [0.2, 0.25) is 0 Å². The van der Waals surface area contributed by atoms with Gasteiger partial charge in [-0.2, -0.15) is 0 Å². The maximum absolute atomic E-state index is 5.82. The molecule has 1 aliphatic heterocycles. The fourth-order valence-corrected chi connectivity index (χ4v) is 1.96. The molecule has 0 radical (unpaired) electrons. The van der Waals surface area contributed by atoms with Crippen LogP contribution in [-0.2, 0) is 0 Å². The molecule has 1 heterocycles. The van der Waals surface area contributed by atoms with Crippen molar-refractivity contribution in [3.8, 4) is 0 Å². The van der Waals surface area contributed by atoms with Gasteiger partial charge < -0.3 is 10.2 Å². The average Bonchev–Trinajstić information content (AvgIpc) is 2.56. The molecule has 0 amide bonds. The van der Waals surface area contributed by atoms with Crippen LogP contribution in [0.15, 0.2) is 24.3 Å². The zero-order valence-electron chi connectivity index (χ0n) is 8.33. The lowest BCUT2D eigenvalue weighted by atomic mass is 10.2. The van der Waals surface area contributed by atoms with Crippen molar-refractivity contribution in [3.05, 3.63) is 29.3 Å². The van der Waals surface area contributed by atoms with Gasteiger partial charge in [-0.25, -0.2) is 0 Å². The lowest BCUT2D eigenvalue weighted by molar-refractivity contribution is 0.414. The molecule has 0 saturated carbocycles. The van der Waals surface area contributed by atoms with E-state index in [4.69, 9.17) is 11.6 Å². The van der Waals surface area contributed by atoms with Crippen molar-refractivity contribution >= 4 is 17.3 Å². The third kappa shape index (κ3) is 2.40. The van der Waals surface area contributed by atoms with E-state index in [1.807, 2.05) is 24.3 Å². The van der Waals surface area contributed by atoms with E-state index in [0.717, 1.165) is 17.3 Å². The Labute approximate surface area is 89.9 Å². The summed E-state index contributed by atoms with van der Waals surface area (Å²) in [6.07, 6.45) is 1.22. The first-order valence-electron chi connectivity index (χ1n) is 4.95. The Kier molecular flexibility index (Phi) is 2.94. The molecular weight excluding hydrogens is 196 g/mol. The van der Waals surface area contributed by atoms with Crippen molar-refractivity contribution < 1.29 is 0 Å². The Morgan fingerprint density at radius 1 is 1.36 bits per heavy atom. The predicted molar refractivity (Wildman–Crippen MR) is 61.0 cm³/mol. The summed E-state index contributed by atoms with van der Waals surface area (Å²) in [6.45, 7) is 2.31. The number of likely N-dealkylation sites (tertiary alicyclic amines) is 1. The lowest BCUT2D eigenvalue weighted by Crippen LogP contribution is -2.23. The van der Waals surface area contributed by atoms with Crippen molar-refractivity contribution in [3.63, 3.8) is 0 Å². The van der Waals surface area contributed by atoms with E-state index in [1.165, 1.54) is 13.0 Å². The standard InChI is InChI=1S/C11H15ClN2/c1-14-7-6-11(8-14)13-10-4-2-9(12)3-5-10/h2-5,11,13H,6-8H2,1H3. The Hall–Kier alpha value is -0.730. The molecule has 76 valence electrons. The van der Waals surface area contributed by atoms with Gasteiger partial charge >= 0.3 is 0 Å². The molecule has 1 N–H and O–H groups in total. The molecule has 1 saturated heterocycles. The summed E-state index contributed by atoms with van der Waals surface area (Å²) in [4.78, 5) is 2.34. The average molecular weight is 211 g/mol. The molecule has 3 heteroatoms. The van der Waals surface area contributed by atoms with Gasteiger partial charge in [-0.1, -0.05) is 11.6 Å². The van der Waals surface area contributed by atoms with Gasteiger partial charge in [-0.15, -0.1) is 0 Å². The second-order valence-corrected chi connectivity index (χ2v) is 4.34. The fraction of sp³-hybridized carbons (Fsp3) is 0.455. The number of halogens is 1. The Balaban J connectivity index is 1.94. The normalized spacial score (nSPS) is 22.6. The van der Waals surface area contributed by atoms with Crippen LogP contribution in [0.5, 0.6) is 0 Å². The van der Waals surface area contributed by atoms with Crippen LogP contribution in [-0.4, -0.2) is 31.1 Å². The van der Waals surface area contributed by atoms with E-state index >= 15 is 0 Å². The molecule has 2 nitrogen and oxygen atoms in total. The van der Waals surface area contributed by atoms with Gasteiger partial charge in [0.1, 0.15) is 0 Å². The zero-order valence-corrected chi connectivity index (χ0v) is 9.09. The van der Waals surface area contributed by atoms with Crippen LogP contribution in [0.2, 0.25) is 5.02 Å². The van der Waals surface area contributed by atoms with Gasteiger partial charge in [-0.3, -0.25) is 0 Å². The summed E-state index contributed by atoms with van der Waals surface area (Å²) < 4.78 is 0. The van der Waals surface area contributed by atoms with Crippen LogP contribution < -0.4 is 5.32 Å². The summed E-state index contributed by atoms with van der Waals surface area (Å²) in [5.41, 5.74) is 1.16. The molecule has 1 aromatic rings. The maximum atomic E-state index is 5.82. The predicted octanol–water partition coefficient (Wildman–Crippen LogP) is 2.46. The van der Waals surface area contributed by atoms with Gasteiger partial charge in [0, 0.05) is 23.3 Å². The van der Waals surface area contributed by atoms with Crippen LogP contribution in [0.3, 0.4) is 0 Å². The van der Waals surface area contributed by atoms with Crippen molar-refractivity contribution in [1.82, 2.24) is 4.90 Å². The molecule has 0 bridgehead atoms. The molecule has 1 fully saturated rings. The fourth-order valence-electron chi connectivity index (χ4n) is 1.83. The minimum absolute atomic E-state index is 0.584. The lowest BCUT2D eigenvalue weighted by Gasteiger charge is -2.14. The summed E-state index contributed by atoms with van der Waals surface area (Å²) in [7, 11) is 2.16. The van der Waals surface area contributed by atoms with E-state index in [0.29, 0.717) is 6.04 Å². The van der Waals surface area contributed by atoms with Crippen molar-refractivity contribution in [2.24, 2.45) is 0 Å². The molecule has 2 rings (SSSR count). The molecule has 1 unspecified atom stereocenters. The minimum atomic E-state index is 0.584. The number of nitrogens with zero attached hydrogens (tertiary/aromatic N) is 1. The van der Waals surface area contributed by atoms with Gasteiger partial charge in [-0.05, 0) is 44.3 Å². The van der Waals surface area contributed by atoms with Crippen LogP contribution in [0.1, 0.15) is 6.42 Å². The van der Waals surface area contributed by atoms with Gasteiger partial charge in [0.15, 0.2) is 0 Å². The Morgan fingerprint density at radius 2 is 2.07 bits per heavy atom. The molecular formula is C11H15ClN2. The smallest absolute Gasteiger partial charge is 0.0407 e. The first-order chi connectivity index (χ1) is 6.74. The van der Waals surface area contributed by atoms with Crippen molar-refractivity contribution in [2.45, 2.75) is 12.5 Å². The van der Waals surface area contributed by atoms with Crippen LogP contribution in [0.4, 0.5) is 5.69 Å². The Bertz CT molecular complexity index is 297. The summed E-state index contributed by atoms with van der Waals surface area (Å²) in [5.74, 6) is 0. The Morgan fingerprint density at radius 3 is 2.64 bits per heavy atom. The van der Waals surface area contributed by atoms with E-state index in [-0.39, 0.29) is 0 Å². The SMILES string of the molecule is CN1CCC(Nc2ccc(Cl)cc2)C1. The third-order valence-electron chi connectivity index (χ3n) is 2.61. The van der Waals surface area contributed by atoms with Gasteiger partial charge in [0.05, 0.1) is 0 Å². The number of rotatable bonds is 2. The molecule has 14 heavy (non-hydrogen) atoms. The third-order valence-corrected chi connectivity index (χ3v) is 2.86. The summed E-state index contributed by atoms with van der Waals surface area (Å²) >= 11 is 5.82. The highest BCUT2D eigenvalue weighted by Crippen LogP contribution is 2.17. The second-order valence-electron chi connectivity index (χ2n) is 3.90. The highest BCUT2D eigenvalue weighted by Gasteiger charge is 2.18. The molecule has 0 aliphatic carbocycles. The topological polar surface area (TPSA) is 15.3 Å². The summed E-state index contributed by atoms with van der Waals surface area (Å²) in [5, 5.41) is 4.29. The van der Waals surface area contributed by atoms with Crippen LogP contribution in [0, 0.1) is 0 Å². The number of hydrogen-bond acceptors (Lipinski definition) is 2. The van der Waals surface area contributed by atoms with Crippen molar-refractivity contribution in [1.29, 1.82) is 0 Å². The van der Waals surface area contributed by atoms with E-state index in [2.05, 4.69) is 17.3 Å². The van der Waals surface area contributed by atoms with Crippen molar-refractivity contribution in [2.75, 3.05) is 25.5 Å². The van der Waals surface area contributed by atoms with Crippen LogP contribution in [0.25, 0.3) is 0 Å². The number of benzene rings is 1. The molecule has 0 aromatic heterocycles. The quantitative estimate of drug-likeness (QED) is 0.807. The zero-order chi connectivity index (χ0) is 9.97. The number of anilines is 1. The molecule has 1 atom stereocenters. The minimum Gasteiger partial charge on any atom is -0.381 e. The van der Waals surface area contributed by atoms with E-state index in [9.17, 15) is 0 Å². The van der Waals surface area contributed by atoms with E-state index < -0.39 is 0 Å². The summed E-state index contributed by atoms with van der Waals surface area (Å²) in [6, 6.07) is 8.48. The highest BCUT2D eigenvalue weighted by atomic mass is 35.5. The number of nitrogens with one attached hydrogen (secondary N) is 1. The molecule has 1 aromatic carbocycles. The monoisotopic (exact) mass is 210 g/mol. The second kappa shape index (κ2) is 4.20. The molecule has 0 spiro atoms. The van der Waals surface area contributed by atoms with Crippen LogP contribution >= 0.6 is 11.6 Å². The van der Waals surface area contributed by atoms with E-state index in [1.54, 1.807) is 0 Å². The van der Waals surface area contributed by atoms with Gasteiger partial charge in [0.25, 0.3) is 0 Å². The first kappa shape index (κ1) is 9.81. The molecule has 1 aliphatic rings. The number of likely N-dealkylation sites (N-methyl/N-ethyl adjacent to an activating group) is 1. The largest absolute Gasteiger partial charge is 0.381 e.